The number of nitrogens with one attached hydrogen (secondary N) is 1. The Balaban J connectivity index is 1.95. The van der Waals surface area contributed by atoms with Crippen LogP contribution in [0.2, 0.25) is 0 Å². The fourth-order valence-corrected chi connectivity index (χ4v) is 3.14. The van der Waals surface area contributed by atoms with Crippen LogP contribution < -0.4 is 5.32 Å². The van der Waals surface area contributed by atoms with Crippen LogP contribution in [-0.2, 0) is 0 Å². The van der Waals surface area contributed by atoms with Gasteiger partial charge in [0.15, 0.2) is 0 Å². The van der Waals surface area contributed by atoms with Gasteiger partial charge in [-0.25, -0.2) is 0 Å². The topological polar surface area (TPSA) is 29.1 Å². The number of hydrogen-bond donors (Lipinski definition) is 1. The van der Waals surface area contributed by atoms with E-state index in [4.69, 9.17) is 0 Å². The molecule has 0 aromatic heterocycles. The highest BCUT2D eigenvalue weighted by atomic mass is 127. The molecule has 0 spiro atoms. The quantitative estimate of drug-likeness (QED) is 0.793. The molecule has 3 heteroatoms. The normalized spacial score (nSPS) is 17.8. The second kappa shape index (κ2) is 7.12. The van der Waals surface area contributed by atoms with E-state index in [2.05, 4.69) is 27.9 Å². The van der Waals surface area contributed by atoms with Gasteiger partial charge in [-0.1, -0.05) is 44.2 Å². The Labute approximate surface area is 123 Å². The Kier molecular flexibility index (Phi) is 5.47. The van der Waals surface area contributed by atoms with Crippen LogP contribution in [0.3, 0.4) is 0 Å². The molecule has 0 aliphatic heterocycles. The molecule has 2 rings (SSSR count). The van der Waals surface area contributed by atoms with Crippen molar-refractivity contribution >= 4 is 28.5 Å². The van der Waals surface area contributed by atoms with Gasteiger partial charge in [-0.05, 0) is 47.6 Å². The summed E-state index contributed by atoms with van der Waals surface area (Å²) in [5.41, 5.74) is 0.806. The average Bonchev–Trinajstić information content (AvgIpc) is 2.33. The van der Waals surface area contributed by atoms with Gasteiger partial charge in [0.2, 0.25) is 0 Å². The third-order valence-electron chi connectivity index (χ3n) is 3.56. The summed E-state index contributed by atoms with van der Waals surface area (Å²) in [6.45, 7) is 0. The Bertz CT molecular complexity index is 397. The van der Waals surface area contributed by atoms with Crippen LogP contribution >= 0.6 is 22.6 Å². The Hall–Kier alpha value is -0.580. The number of benzene rings is 1. The summed E-state index contributed by atoms with van der Waals surface area (Å²) in [6.07, 6.45) is 8.75. The van der Waals surface area contributed by atoms with E-state index in [9.17, 15) is 4.79 Å². The predicted octanol–water partition coefficient (Wildman–Crippen LogP) is 4.13. The van der Waals surface area contributed by atoms with Crippen molar-refractivity contribution in [1.82, 2.24) is 5.32 Å². The van der Waals surface area contributed by atoms with Crippen molar-refractivity contribution in [3.63, 3.8) is 0 Å². The van der Waals surface area contributed by atoms with Gasteiger partial charge in [0.1, 0.15) is 0 Å². The smallest absolute Gasteiger partial charge is 0.252 e. The molecule has 1 aliphatic carbocycles. The first kappa shape index (κ1) is 13.8. The molecule has 1 aliphatic rings. The molecule has 2 nitrogen and oxygen atoms in total. The second-order valence-corrected chi connectivity index (χ2v) is 6.16. The summed E-state index contributed by atoms with van der Waals surface area (Å²) in [6, 6.07) is 8.14. The van der Waals surface area contributed by atoms with E-state index < -0.39 is 0 Å². The number of hydrogen-bond acceptors (Lipinski definition) is 1. The summed E-state index contributed by atoms with van der Waals surface area (Å²) < 4.78 is 1.03. The molecule has 0 heterocycles. The van der Waals surface area contributed by atoms with Crippen molar-refractivity contribution < 1.29 is 4.79 Å². The monoisotopic (exact) mass is 357 g/mol. The second-order valence-electron chi connectivity index (χ2n) is 5.00. The standard InChI is InChI=1S/C15H20INO/c16-14-11-7-6-10-13(14)15(18)17-12-8-4-2-1-3-5-9-12/h6-7,10-12H,1-5,8-9H2,(H,17,18). The fraction of sp³-hybridized carbons (Fsp3) is 0.533. The summed E-state index contributed by atoms with van der Waals surface area (Å²) in [4.78, 5) is 12.2. The van der Waals surface area contributed by atoms with Crippen LogP contribution in [0, 0.1) is 3.57 Å². The van der Waals surface area contributed by atoms with E-state index in [0.717, 1.165) is 22.0 Å². The lowest BCUT2D eigenvalue weighted by Gasteiger charge is -2.21. The fourth-order valence-electron chi connectivity index (χ4n) is 2.51. The molecule has 98 valence electrons. The summed E-state index contributed by atoms with van der Waals surface area (Å²) >= 11 is 2.22. The first-order chi connectivity index (χ1) is 8.77. The van der Waals surface area contributed by atoms with E-state index in [0.29, 0.717) is 6.04 Å². The molecule has 0 saturated heterocycles. The summed E-state index contributed by atoms with van der Waals surface area (Å²) in [7, 11) is 0. The van der Waals surface area contributed by atoms with Crippen LogP contribution in [0.1, 0.15) is 55.3 Å². The largest absolute Gasteiger partial charge is 0.349 e. The number of carbonyl (C=O) groups excluding carboxylic acids is 1. The predicted molar refractivity (Wildman–Crippen MR) is 82.7 cm³/mol. The molecule has 1 fully saturated rings. The molecule has 1 amide bonds. The van der Waals surface area contributed by atoms with Gasteiger partial charge >= 0.3 is 0 Å². The number of carbonyl (C=O) groups is 1. The lowest BCUT2D eigenvalue weighted by Crippen LogP contribution is -2.35. The number of halogens is 1. The third kappa shape index (κ3) is 3.97. The zero-order valence-corrected chi connectivity index (χ0v) is 12.8. The van der Waals surface area contributed by atoms with E-state index in [-0.39, 0.29) is 5.91 Å². The SMILES string of the molecule is O=C(NC1CCCCCCC1)c1ccccc1I. The van der Waals surface area contributed by atoms with Gasteiger partial charge < -0.3 is 5.32 Å². The van der Waals surface area contributed by atoms with Crippen LogP contribution in [0.25, 0.3) is 0 Å². The van der Waals surface area contributed by atoms with Gasteiger partial charge in [0.25, 0.3) is 5.91 Å². The van der Waals surface area contributed by atoms with Gasteiger partial charge in [-0.15, -0.1) is 0 Å². The molecule has 0 bridgehead atoms. The molecule has 0 unspecified atom stereocenters. The Morgan fingerprint density at radius 2 is 1.67 bits per heavy atom. The Morgan fingerprint density at radius 3 is 2.33 bits per heavy atom. The Morgan fingerprint density at radius 1 is 1.06 bits per heavy atom. The maximum atomic E-state index is 12.2. The van der Waals surface area contributed by atoms with Crippen molar-refractivity contribution in [2.45, 2.75) is 51.0 Å². The van der Waals surface area contributed by atoms with Gasteiger partial charge in [-0.2, -0.15) is 0 Å². The number of rotatable bonds is 2. The molecule has 1 aromatic rings. The highest BCUT2D eigenvalue weighted by Crippen LogP contribution is 2.18. The van der Waals surface area contributed by atoms with E-state index in [1.54, 1.807) is 0 Å². The van der Waals surface area contributed by atoms with E-state index in [1.165, 1.54) is 32.1 Å². The molecular weight excluding hydrogens is 337 g/mol. The maximum absolute atomic E-state index is 12.2. The summed E-state index contributed by atoms with van der Waals surface area (Å²) in [5.74, 6) is 0.0885. The minimum absolute atomic E-state index is 0.0885. The van der Waals surface area contributed by atoms with Crippen LogP contribution in [0.4, 0.5) is 0 Å². The van der Waals surface area contributed by atoms with E-state index in [1.807, 2.05) is 24.3 Å². The zero-order valence-electron chi connectivity index (χ0n) is 10.6. The molecule has 1 N–H and O–H groups in total. The van der Waals surface area contributed by atoms with Crippen LogP contribution in [-0.4, -0.2) is 11.9 Å². The minimum Gasteiger partial charge on any atom is -0.349 e. The maximum Gasteiger partial charge on any atom is 0.252 e. The number of amides is 1. The highest BCUT2D eigenvalue weighted by Gasteiger charge is 2.16. The van der Waals surface area contributed by atoms with Crippen molar-refractivity contribution in [3.8, 4) is 0 Å². The minimum atomic E-state index is 0.0885. The van der Waals surface area contributed by atoms with Crippen molar-refractivity contribution in [2.75, 3.05) is 0 Å². The summed E-state index contributed by atoms with van der Waals surface area (Å²) in [5, 5.41) is 3.20. The zero-order chi connectivity index (χ0) is 12.8. The lowest BCUT2D eigenvalue weighted by molar-refractivity contribution is 0.0929. The van der Waals surface area contributed by atoms with Crippen molar-refractivity contribution in [3.05, 3.63) is 33.4 Å². The average molecular weight is 357 g/mol. The molecule has 18 heavy (non-hydrogen) atoms. The molecule has 1 saturated carbocycles. The van der Waals surface area contributed by atoms with Crippen LogP contribution in [0.15, 0.2) is 24.3 Å². The van der Waals surface area contributed by atoms with Gasteiger partial charge in [0, 0.05) is 9.61 Å². The molecule has 0 atom stereocenters. The van der Waals surface area contributed by atoms with Crippen molar-refractivity contribution in [1.29, 1.82) is 0 Å². The highest BCUT2D eigenvalue weighted by molar-refractivity contribution is 14.1. The van der Waals surface area contributed by atoms with Crippen molar-refractivity contribution in [2.24, 2.45) is 0 Å². The first-order valence-electron chi connectivity index (χ1n) is 6.83. The van der Waals surface area contributed by atoms with Gasteiger partial charge in [-0.3, -0.25) is 4.79 Å². The van der Waals surface area contributed by atoms with Crippen LogP contribution in [0.5, 0.6) is 0 Å². The lowest BCUT2D eigenvalue weighted by atomic mass is 9.96. The first-order valence-corrected chi connectivity index (χ1v) is 7.90. The van der Waals surface area contributed by atoms with Gasteiger partial charge in [0.05, 0.1) is 5.56 Å². The third-order valence-corrected chi connectivity index (χ3v) is 4.50. The molecular formula is C15H20INO. The van der Waals surface area contributed by atoms with E-state index >= 15 is 0 Å². The molecule has 0 radical (unpaired) electrons. The molecule has 1 aromatic carbocycles.